The molecule has 0 unspecified atom stereocenters. The van der Waals surface area contributed by atoms with Crippen molar-refractivity contribution in [2.75, 3.05) is 19.0 Å². The van der Waals surface area contributed by atoms with Crippen molar-refractivity contribution in [3.05, 3.63) is 87.9 Å². The lowest BCUT2D eigenvalue weighted by Gasteiger charge is -2.37. The Balaban J connectivity index is 1.57. The zero-order valence-electron chi connectivity index (χ0n) is 25.0. The van der Waals surface area contributed by atoms with Crippen LogP contribution in [0.2, 0.25) is 5.02 Å². The van der Waals surface area contributed by atoms with Crippen LogP contribution >= 0.6 is 11.6 Å². The number of benzene rings is 3. The van der Waals surface area contributed by atoms with E-state index in [4.69, 9.17) is 25.8 Å². The van der Waals surface area contributed by atoms with Crippen LogP contribution in [0.1, 0.15) is 67.3 Å². The fourth-order valence-electron chi connectivity index (χ4n) is 5.04. The van der Waals surface area contributed by atoms with E-state index >= 15 is 0 Å². The quantitative estimate of drug-likeness (QED) is 0.273. The summed E-state index contributed by atoms with van der Waals surface area (Å²) in [5.41, 5.74) is 2.54. The van der Waals surface area contributed by atoms with Gasteiger partial charge in [-0.05, 0) is 99.2 Å². The summed E-state index contributed by atoms with van der Waals surface area (Å²) in [6, 6.07) is 17.2. The molecule has 0 radical (unpaired) electrons. The van der Waals surface area contributed by atoms with Crippen LogP contribution in [0.4, 0.5) is 10.5 Å². The second-order valence-corrected chi connectivity index (χ2v) is 11.9. The number of hydrogen-bond donors (Lipinski definition) is 2. The first-order chi connectivity index (χ1) is 20.3. The number of aliphatic hydroxyl groups excluding tert-OH is 1. The maximum absolute atomic E-state index is 13.4. The number of rotatable bonds is 8. The number of nitrogens with zero attached hydrogens (tertiary/aromatic N) is 1. The van der Waals surface area contributed by atoms with E-state index in [0.29, 0.717) is 40.6 Å². The summed E-state index contributed by atoms with van der Waals surface area (Å²) in [5.74, 6) is 0.0142. The lowest BCUT2D eigenvalue weighted by molar-refractivity contribution is -0.114. The van der Waals surface area contributed by atoms with Crippen LogP contribution < -0.4 is 10.1 Å². The molecule has 0 saturated carbocycles. The molecule has 10 heteroatoms. The van der Waals surface area contributed by atoms with Gasteiger partial charge in [0.1, 0.15) is 17.1 Å². The maximum atomic E-state index is 13.4. The summed E-state index contributed by atoms with van der Waals surface area (Å²) < 4.78 is 16.7. The molecule has 3 aromatic rings. The first-order valence-corrected chi connectivity index (χ1v) is 14.4. The van der Waals surface area contributed by atoms with E-state index in [1.165, 1.54) is 20.1 Å². The van der Waals surface area contributed by atoms with Crippen molar-refractivity contribution in [3.8, 4) is 11.5 Å². The number of nitrogens with one attached hydrogen (secondary N) is 1. The topological polar surface area (TPSA) is 114 Å². The van der Waals surface area contributed by atoms with Gasteiger partial charge in [0, 0.05) is 18.0 Å². The summed E-state index contributed by atoms with van der Waals surface area (Å²) >= 11 is 6.14. The molecule has 4 rings (SSSR count). The zero-order chi connectivity index (χ0) is 31.3. The van der Waals surface area contributed by atoms with E-state index in [1.807, 2.05) is 39.0 Å². The van der Waals surface area contributed by atoms with Crippen LogP contribution in [0.5, 0.6) is 11.5 Å². The Hall–Kier alpha value is -4.08. The third kappa shape index (κ3) is 8.49. The molecule has 0 aromatic heterocycles. The van der Waals surface area contributed by atoms with Crippen LogP contribution in [0, 0.1) is 0 Å². The Kier molecular flexibility index (Phi) is 9.98. The van der Waals surface area contributed by atoms with E-state index in [0.717, 1.165) is 17.5 Å². The number of ether oxygens (including phenoxy) is 3. The number of aryl methyl sites for hydroxylation is 1. The van der Waals surface area contributed by atoms with Crippen LogP contribution in [-0.2, 0) is 27.1 Å². The molecule has 2 atom stereocenters. The Morgan fingerprint density at radius 2 is 1.77 bits per heavy atom. The summed E-state index contributed by atoms with van der Waals surface area (Å²) in [6.45, 7) is 6.83. The number of halogens is 1. The number of aliphatic hydroxyl groups is 1. The van der Waals surface area contributed by atoms with Crippen LogP contribution in [-0.4, -0.2) is 53.3 Å². The van der Waals surface area contributed by atoms with Gasteiger partial charge >= 0.3 is 12.1 Å². The van der Waals surface area contributed by atoms with Crippen molar-refractivity contribution < 1.29 is 33.7 Å². The summed E-state index contributed by atoms with van der Waals surface area (Å²) in [6.07, 6.45) is 0.505. The van der Waals surface area contributed by atoms with Gasteiger partial charge in [-0.2, -0.15) is 0 Å². The highest BCUT2D eigenvalue weighted by molar-refractivity contribution is 6.30. The largest absolute Gasteiger partial charge is 0.465 e. The number of amides is 2. The molecule has 1 aliphatic rings. The van der Waals surface area contributed by atoms with Gasteiger partial charge in [0.15, 0.2) is 0 Å². The molecule has 0 saturated heterocycles. The predicted octanol–water partition coefficient (Wildman–Crippen LogP) is 6.71. The minimum absolute atomic E-state index is 0.0440. The number of anilines is 1. The number of esters is 1. The van der Waals surface area contributed by atoms with Gasteiger partial charge in [-0.25, -0.2) is 9.59 Å². The average molecular weight is 609 g/mol. The second kappa shape index (κ2) is 13.5. The van der Waals surface area contributed by atoms with Gasteiger partial charge in [-0.15, -0.1) is 0 Å². The molecule has 0 fully saturated rings. The van der Waals surface area contributed by atoms with Gasteiger partial charge in [0.2, 0.25) is 5.91 Å². The molecule has 0 heterocycles. The lowest BCUT2D eigenvalue weighted by Crippen LogP contribution is -2.47. The molecule has 0 bridgehead atoms. The highest BCUT2D eigenvalue weighted by atomic mass is 35.5. The Bertz CT molecular complexity index is 1500. The second-order valence-electron chi connectivity index (χ2n) is 11.5. The van der Waals surface area contributed by atoms with E-state index in [-0.39, 0.29) is 24.1 Å². The summed E-state index contributed by atoms with van der Waals surface area (Å²) in [5, 5.41) is 14.2. The number of methoxy groups -OCH3 is 1. The average Bonchev–Trinajstić information content (AvgIpc) is 2.94. The van der Waals surface area contributed by atoms with E-state index in [1.54, 1.807) is 41.3 Å². The Morgan fingerprint density at radius 3 is 2.44 bits per heavy atom. The number of carbonyl (C=O) groups is 3. The molecule has 2 N–H and O–H groups in total. The highest BCUT2D eigenvalue weighted by Crippen LogP contribution is 2.33. The van der Waals surface area contributed by atoms with Crippen molar-refractivity contribution in [2.45, 2.75) is 64.7 Å². The Morgan fingerprint density at radius 1 is 1.05 bits per heavy atom. The van der Waals surface area contributed by atoms with Crippen molar-refractivity contribution in [1.29, 1.82) is 0 Å². The number of fused-ring (bicyclic) bond motifs is 1. The first-order valence-electron chi connectivity index (χ1n) is 14.1. The lowest BCUT2D eigenvalue weighted by atomic mass is 9.87. The van der Waals surface area contributed by atoms with E-state index in [9.17, 15) is 19.5 Å². The normalized spacial score (nSPS) is 15.1. The molecule has 2 amide bonds. The molecular weight excluding hydrogens is 572 g/mol. The van der Waals surface area contributed by atoms with Crippen molar-refractivity contribution in [1.82, 2.24) is 4.90 Å². The molecule has 0 spiro atoms. The third-order valence-electron chi connectivity index (χ3n) is 6.99. The number of carbonyl (C=O) groups excluding carboxylic acids is 3. The monoisotopic (exact) mass is 608 g/mol. The Labute approximate surface area is 256 Å². The highest BCUT2D eigenvalue weighted by Gasteiger charge is 2.33. The van der Waals surface area contributed by atoms with Gasteiger partial charge < -0.3 is 29.5 Å². The van der Waals surface area contributed by atoms with Gasteiger partial charge in [-0.1, -0.05) is 29.8 Å². The van der Waals surface area contributed by atoms with Gasteiger partial charge in [-0.3, -0.25) is 4.79 Å². The molecule has 0 aliphatic heterocycles. The van der Waals surface area contributed by atoms with Crippen LogP contribution in [0.3, 0.4) is 0 Å². The molecule has 3 aromatic carbocycles. The summed E-state index contributed by atoms with van der Waals surface area (Å²) in [4.78, 5) is 38.9. The van der Waals surface area contributed by atoms with E-state index < -0.39 is 23.8 Å². The van der Waals surface area contributed by atoms with Gasteiger partial charge in [0.25, 0.3) is 0 Å². The van der Waals surface area contributed by atoms with Gasteiger partial charge in [0.05, 0.1) is 31.0 Å². The van der Waals surface area contributed by atoms with Crippen molar-refractivity contribution >= 4 is 35.3 Å². The van der Waals surface area contributed by atoms with Crippen LogP contribution in [0.15, 0.2) is 60.7 Å². The third-order valence-corrected chi connectivity index (χ3v) is 7.23. The van der Waals surface area contributed by atoms with Crippen molar-refractivity contribution in [3.63, 3.8) is 0 Å². The smallest absolute Gasteiger partial charge is 0.410 e. The van der Waals surface area contributed by atoms with Crippen LogP contribution in [0.25, 0.3) is 0 Å². The van der Waals surface area contributed by atoms with Crippen molar-refractivity contribution in [2.24, 2.45) is 0 Å². The predicted molar refractivity (Wildman–Crippen MR) is 164 cm³/mol. The number of hydrogen-bond acceptors (Lipinski definition) is 7. The molecule has 9 nitrogen and oxygen atoms in total. The standard InChI is InChI=1S/C33H37ClN2O7/c1-20(37)35-29-14-13-27(18-28(29)31(39)41-5)42-26-12-10-21-9-11-25(16-23(21)17-26)36(32(40)43-33(2,3)4)19-30(38)22-7-6-8-24(34)15-22/h6-8,10,12-15,17-18,25,30,38H,9,11,16,19H2,1-5H3,(H,35,37)/t25-,30+/m0/s1. The van der Waals surface area contributed by atoms with E-state index in [2.05, 4.69) is 5.32 Å². The minimum atomic E-state index is -0.952. The minimum Gasteiger partial charge on any atom is -0.465 e. The fourth-order valence-corrected chi connectivity index (χ4v) is 5.24. The summed E-state index contributed by atoms with van der Waals surface area (Å²) in [7, 11) is 1.27. The molecule has 43 heavy (non-hydrogen) atoms. The molecule has 228 valence electrons. The molecule has 1 aliphatic carbocycles. The fraction of sp³-hybridized carbons (Fsp3) is 0.364. The zero-order valence-corrected chi connectivity index (χ0v) is 25.7. The maximum Gasteiger partial charge on any atom is 0.410 e. The molecular formula is C33H37ClN2O7. The first kappa shape index (κ1) is 31.8. The SMILES string of the molecule is COC(=O)c1cc(Oc2ccc3c(c2)C[C@@H](N(C[C@@H](O)c2cccc(Cl)c2)C(=O)OC(C)(C)C)CC3)ccc1NC(C)=O.